The first-order chi connectivity index (χ1) is 16.7. The summed E-state index contributed by atoms with van der Waals surface area (Å²) in [5.74, 6) is 0. The molecule has 5 nitrogen and oxygen atoms in total. The highest BCUT2D eigenvalue weighted by Crippen LogP contribution is 2.45. The lowest BCUT2D eigenvalue weighted by atomic mass is 9.70. The molecule has 2 aliphatic heterocycles. The predicted octanol–water partition coefficient (Wildman–Crippen LogP) is 5.81. The number of rotatable bonds is 7. The zero-order chi connectivity index (χ0) is 23.4. The van der Waals surface area contributed by atoms with E-state index in [0.717, 1.165) is 59.0 Å². The van der Waals surface area contributed by atoms with Crippen LogP contribution in [0.25, 0.3) is 5.57 Å². The summed E-state index contributed by atoms with van der Waals surface area (Å²) in [5.41, 5.74) is 7.57. The summed E-state index contributed by atoms with van der Waals surface area (Å²) in [6.07, 6.45) is 12.5. The predicted molar refractivity (Wildman–Crippen MR) is 141 cm³/mol. The van der Waals surface area contributed by atoms with Crippen LogP contribution in [0.15, 0.2) is 47.3 Å². The molecule has 0 atom stereocenters. The van der Waals surface area contributed by atoms with Crippen LogP contribution in [0.1, 0.15) is 57.1 Å². The van der Waals surface area contributed by atoms with E-state index in [1.165, 1.54) is 54.6 Å². The van der Waals surface area contributed by atoms with Crippen LogP contribution >= 0.6 is 0 Å². The molecule has 2 aromatic rings. The third-order valence-corrected chi connectivity index (χ3v) is 8.61. The molecule has 2 saturated heterocycles. The molecule has 1 aromatic heterocycles. The van der Waals surface area contributed by atoms with Gasteiger partial charge in [-0.25, -0.2) is 0 Å². The smallest absolute Gasteiger partial charge is 0.0947 e. The lowest BCUT2D eigenvalue weighted by molar-refractivity contribution is 0.122. The molecule has 0 saturated carbocycles. The van der Waals surface area contributed by atoms with Gasteiger partial charge in [0, 0.05) is 68.3 Å². The van der Waals surface area contributed by atoms with Crippen molar-refractivity contribution in [3.05, 3.63) is 54.0 Å². The molecule has 5 rings (SSSR count). The van der Waals surface area contributed by atoms with Crippen molar-refractivity contribution in [2.45, 2.75) is 52.5 Å². The SMILES string of the molecule is CCC1(CC)CC=C(c2cc(N3CCOCC3)ccc2N2CCN(Cc3ccoc3)CC2)CC1. The summed E-state index contributed by atoms with van der Waals surface area (Å²) >= 11 is 0. The van der Waals surface area contributed by atoms with E-state index in [9.17, 15) is 0 Å². The third-order valence-electron chi connectivity index (χ3n) is 8.61. The van der Waals surface area contributed by atoms with Gasteiger partial charge in [-0.3, -0.25) is 4.90 Å². The Kier molecular flexibility index (Phi) is 7.31. The standard InChI is InChI=1S/C29H41N3O2/c1-3-29(4-2)10-7-25(8-11-29)27-21-26(31-16-19-33-20-17-31)5-6-28(27)32-14-12-30(13-15-32)22-24-9-18-34-23-24/h5-7,9,18,21,23H,3-4,8,10-17,19-20,22H2,1-2H3. The minimum atomic E-state index is 0.504. The maximum atomic E-state index is 5.61. The molecular weight excluding hydrogens is 422 g/mol. The van der Waals surface area contributed by atoms with Crippen molar-refractivity contribution in [3.63, 3.8) is 0 Å². The van der Waals surface area contributed by atoms with Gasteiger partial charge in [0.1, 0.15) is 0 Å². The summed E-state index contributed by atoms with van der Waals surface area (Å²) in [4.78, 5) is 7.65. The highest BCUT2D eigenvalue weighted by Gasteiger charge is 2.30. The summed E-state index contributed by atoms with van der Waals surface area (Å²) < 4.78 is 10.9. The number of morpholine rings is 1. The number of allylic oxidation sites excluding steroid dienone is 2. The second-order valence-electron chi connectivity index (χ2n) is 10.3. The Morgan fingerprint density at radius 2 is 1.71 bits per heavy atom. The topological polar surface area (TPSA) is 32.1 Å². The van der Waals surface area contributed by atoms with Crippen molar-refractivity contribution in [3.8, 4) is 0 Å². The highest BCUT2D eigenvalue weighted by molar-refractivity contribution is 5.80. The van der Waals surface area contributed by atoms with Gasteiger partial charge in [0.05, 0.1) is 25.7 Å². The molecule has 0 unspecified atom stereocenters. The number of hydrogen-bond acceptors (Lipinski definition) is 5. The van der Waals surface area contributed by atoms with Crippen LogP contribution in [0.3, 0.4) is 0 Å². The lowest BCUT2D eigenvalue weighted by Gasteiger charge is -2.39. The summed E-state index contributed by atoms with van der Waals surface area (Å²) in [7, 11) is 0. The van der Waals surface area contributed by atoms with E-state index >= 15 is 0 Å². The Hall–Kier alpha value is -2.24. The number of nitrogens with zero attached hydrogens (tertiary/aromatic N) is 3. The Labute approximate surface area is 205 Å². The van der Waals surface area contributed by atoms with Crippen molar-refractivity contribution in [2.75, 3.05) is 62.3 Å². The minimum absolute atomic E-state index is 0.504. The first-order valence-corrected chi connectivity index (χ1v) is 13.3. The largest absolute Gasteiger partial charge is 0.472 e. The molecule has 1 aromatic carbocycles. The quantitative estimate of drug-likeness (QED) is 0.517. The Morgan fingerprint density at radius 1 is 0.912 bits per heavy atom. The molecule has 0 amide bonds. The average Bonchev–Trinajstić information content (AvgIpc) is 3.42. The van der Waals surface area contributed by atoms with E-state index < -0.39 is 0 Å². The van der Waals surface area contributed by atoms with Gasteiger partial charge in [-0.15, -0.1) is 0 Å². The Bertz CT molecular complexity index is 950. The number of benzene rings is 1. The van der Waals surface area contributed by atoms with Crippen LogP contribution in [-0.2, 0) is 11.3 Å². The molecule has 3 heterocycles. The summed E-state index contributed by atoms with van der Waals surface area (Å²) in [6.45, 7) is 13.7. The molecule has 184 valence electrons. The fourth-order valence-electron chi connectivity index (χ4n) is 5.94. The van der Waals surface area contributed by atoms with Crippen molar-refractivity contribution in [1.29, 1.82) is 0 Å². The lowest BCUT2D eigenvalue weighted by Crippen LogP contribution is -2.46. The van der Waals surface area contributed by atoms with Crippen molar-refractivity contribution < 1.29 is 9.15 Å². The van der Waals surface area contributed by atoms with E-state index in [-0.39, 0.29) is 0 Å². The fraction of sp³-hybridized carbons (Fsp3) is 0.586. The van der Waals surface area contributed by atoms with Gasteiger partial charge in [-0.05, 0) is 54.5 Å². The normalized spacial score (nSPS) is 21.5. The summed E-state index contributed by atoms with van der Waals surface area (Å²) in [6, 6.07) is 9.30. The highest BCUT2D eigenvalue weighted by atomic mass is 16.5. The van der Waals surface area contributed by atoms with Crippen LogP contribution in [-0.4, -0.2) is 57.4 Å². The van der Waals surface area contributed by atoms with Crippen molar-refractivity contribution in [1.82, 2.24) is 4.90 Å². The molecule has 2 fully saturated rings. The Morgan fingerprint density at radius 3 is 2.35 bits per heavy atom. The fourth-order valence-corrected chi connectivity index (χ4v) is 5.94. The molecule has 3 aliphatic rings. The maximum absolute atomic E-state index is 5.61. The first kappa shape index (κ1) is 23.5. The van der Waals surface area contributed by atoms with E-state index in [2.05, 4.69) is 58.9 Å². The van der Waals surface area contributed by atoms with Gasteiger partial charge in [0.2, 0.25) is 0 Å². The number of hydrogen-bond donors (Lipinski definition) is 0. The third kappa shape index (κ3) is 5.06. The average molecular weight is 464 g/mol. The molecule has 0 N–H and O–H groups in total. The van der Waals surface area contributed by atoms with Gasteiger partial charge in [-0.1, -0.05) is 32.8 Å². The van der Waals surface area contributed by atoms with E-state index in [1.54, 1.807) is 11.8 Å². The molecule has 0 bridgehead atoms. The molecule has 5 heteroatoms. The van der Waals surface area contributed by atoms with Gasteiger partial charge < -0.3 is 19.0 Å². The molecule has 0 radical (unpaired) electrons. The van der Waals surface area contributed by atoms with Crippen LogP contribution in [0.2, 0.25) is 0 Å². The minimum Gasteiger partial charge on any atom is -0.472 e. The van der Waals surface area contributed by atoms with E-state index in [0.29, 0.717) is 5.41 Å². The number of ether oxygens (including phenoxy) is 1. The van der Waals surface area contributed by atoms with E-state index in [4.69, 9.17) is 9.15 Å². The van der Waals surface area contributed by atoms with Gasteiger partial charge in [0.25, 0.3) is 0 Å². The number of furan rings is 1. The van der Waals surface area contributed by atoms with Crippen molar-refractivity contribution in [2.24, 2.45) is 5.41 Å². The summed E-state index contributed by atoms with van der Waals surface area (Å²) in [5, 5.41) is 0. The van der Waals surface area contributed by atoms with E-state index in [1.807, 2.05) is 6.26 Å². The molecule has 0 spiro atoms. The van der Waals surface area contributed by atoms with Crippen molar-refractivity contribution >= 4 is 16.9 Å². The van der Waals surface area contributed by atoms with Crippen LogP contribution in [0.5, 0.6) is 0 Å². The first-order valence-electron chi connectivity index (χ1n) is 13.3. The maximum Gasteiger partial charge on any atom is 0.0947 e. The number of piperazine rings is 1. The van der Waals surface area contributed by atoms with Gasteiger partial charge >= 0.3 is 0 Å². The van der Waals surface area contributed by atoms with Gasteiger partial charge in [0.15, 0.2) is 0 Å². The zero-order valence-electron chi connectivity index (χ0n) is 21.1. The monoisotopic (exact) mass is 463 g/mol. The number of anilines is 2. The Balaban J connectivity index is 1.37. The second-order valence-corrected chi connectivity index (χ2v) is 10.3. The second kappa shape index (κ2) is 10.6. The zero-order valence-corrected chi connectivity index (χ0v) is 21.1. The molecule has 34 heavy (non-hydrogen) atoms. The van der Waals surface area contributed by atoms with Crippen LogP contribution in [0, 0.1) is 5.41 Å². The van der Waals surface area contributed by atoms with Gasteiger partial charge in [-0.2, -0.15) is 0 Å². The van der Waals surface area contributed by atoms with Crippen LogP contribution < -0.4 is 9.80 Å². The molecule has 1 aliphatic carbocycles. The van der Waals surface area contributed by atoms with Crippen LogP contribution in [0.4, 0.5) is 11.4 Å². The molecular formula is C29H41N3O2.